The van der Waals surface area contributed by atoms with E-state index in [9.17, 15) is 12.8 Å². The van der Waals surface area contributed by atoms with Gasteiger partial charge in [-0.05, 0) is 31.4 Å². The minimum Gasteiger partial charge on any atom is -0.268 e. The van der Waals surface area contributed by atoms with E-state index in [0.29, 0.717) is 0 Å². The topological polar surface area (TPSA) is 55.2 Å². The molecule has 0 N–H and O–H groups in total. The molecule has 1 aliphatic carbocycles. The van der Waals surface area contributed by atoms with Crippen molar-refractivity contribution in [3.8, 4) is 0 Å². The van der Waals surface area contributed by atoms with Gasteiger partial charge in [-0.3, -0.25) is 8.99 Å². The van der Waals surface area contributed by atoms with Gasteiger partial charge in [0.05, 0.1) is 17.9 Å². The molecule has 1 aromatic heterocycles. The fourth-order valence-electron chi connectivity index (χ4n) is 2.30. The van der Waals surface area contributed by atoms with E-state index in [-0.39, 0.29) is 16.6 Å². The molecule has 1 aromatic carbocycles. The monoisotopic (exact) mass is 309 g/mol. The Hall–Kier alpha value is -1.89. The van der Waals surface area contributed by atoms with Gasteiger partial charge in [0.2, 0.25) is 0 Å². The van der Waals surface area contributed by atoms with Crippen molar-refractivity contribution in [3.05, 3.63) is 42.5 Å². The van der Waals surface area contributed by atoms with Gasteiger partial charge in [0.15, 0.2) is 0 Å². The molecule has 1 saturated carbocycles. The van der Waals surface area contributed by atoms with Gasteiger partial charge in [-0.25, -0.2) is 12.8 Å². The third-order valence-electron chi connectivity index (χ3n) is 3.88. The number of para-hydroxylation sites is 1. The first kappa shape index (κ1) is 14.1. The fraction of sp³-hybridized carbons (Fsp3) is 0.357. The first-order valence-corrected chi connectivity index (χ1v) is 8.22. The Kier molecular flexibility index (Phi) is 3.44. The zero-order valence-corrected chi connectivity index (χ0v) is 12.4. The highest BCUT2D eigenvalue weighted by Crippen LogP contribution is 2.32. The number of nitrogens with zero attached hydrogens (tertiary/aromatic N) is 3. The van der Waals surface area contributed by atoms with Crippen molar-refractivity contribution in [1.82, 2.24) is 9.78 Å². The van der Waals surface area contributed by atoms with E-state index in [0.717, 1.165) is 23.6 Å². The molecule has 0 spiro atoms. The van der Waals surface area contributed by atoms with Crippen molar-refractivity contribution >= 4 is 15.7 Å². The van der Waals surface area contributed by atoms with Crippen LogP contribution in [0.1, 0.15) is 25.3 Å². The summed E-state index contributed by atoms with van der Waals surface area (Å²) in [5.41, 5.74) is 0.0221. The molecule has 112 valence electrons. The quantitative estimate of drug-likeness (QED) is 0.872. The van der Waals surface area contributed by atoms with Gasteiger partial charge in [-0.15, -0.1) is 0 Å². The molecule has 21 heavy (non-hydrogen) atoms. The molecule has 0 aliphatic heterocycles. The number of hydrogen-bond acceptors (Lipinski definition) is 3. The van der Waals surface area contributed by atoms with E-state index in [1.165, 1.54) is 37.6 Å². The van der Waals surface area contributed by atoms with E-state index in [1.807, 2.05) is 0 Å². The maximum Gasteiger partial charge on any atom is 0.267 e. The molecule has 0 amide bonds. The van der Waals surface area contributed by atoms with Gasteiger partial charge in [0, 0.05) is 13.2 Å². The molecule has 1 fully saturated rings. The van der Waals surface area contributed by atoms with Gasteiger partial charge >= 0.3 is 0 Å². The maximum atomic E-state index is 13.8. The summed E-state index contributed by atoms with van der Waals surface area (Å²) in [5.74, 6) is -0.574. The normalized spacial score (nSPS) is 15.7. The van der Waals surface area contributed by atoms with Crippen LogP contribution in [0, 0.1) is 5.82 Å². The van der Waals surface area contributed by atoms with Gasteiger partial charge in [-0.1, -0.05) is 12.1 Å². The first-order valence-electron chi connectivity index (χ1n) is 6.78. The van der Waals surface area contributed by atoms with Crippen LogP contribution in [0.25, 0.3) is 0 Å². The Labute approximate surface area is 123 Å². The molecule has 0 atom stereocenters. The number of rotatable bonds is 4. The molecular weight excluding hydrogens is 293 g/mol. The SMILES string of the molecule is CN(c1ccccc1F)S(=O)(=O)c1cnn(C2CCC2)c1. The lowest BCUT2D eigenvalue weighted by atomic mass is 9.93. The van der Waals surface area contributed by atoms with Crippen LogP contribution in [-0.4, -0.2) is 25.2 Å². The molecule has 0 radical (unpaired) electrons. The average Bonchev–Trinajstić information content (AvgIpc) is 2.86. The van der Waals surface area contributed by atoms with Gasteiger partial charge in [0.1, 0.15) is 10.7 Å². The summed E-state index contributed by atoms with van der Waals surface area (Å²) in [6.07, 6.45) is 6.03. The third kappa shape index (κ3) is 2.42. The molecule has 7 heteroatoms. The minimum atomic E-state index is -3.80. The Morgan fingerprint density at radius 1 is 1.33 bits per heavy atom. The van der Waals surface area contributed by atoms with Crippen LogP contribution in [0.3, 0.4) is 0 Å². The first-order chi connectivity index (χ1) is 10.00. The summed E-state index contributed by atoms with van der Waals surface area (Å²) in [7, 11) is -2.46. The number of benzene rings is 1. The highest BCUT2D eigenvalue weighted by molar-refractivity contribution is 7.92. The van der Waals surface area contributed by atoms with Crippen LogP contribution in [0.4, 0.5) is 10.1 Å². The zero-order chi connectivity index (χ0) is 15.0. The summed E-state index contributed by atoms with van der Waals surface area (Å²) >= 11 is 0. The summed E-state index contributed by atoms with van der Waals surface area (Å²) in [5, 5.41) is 4.12. The van der Waals surface area contributed by atoms with E-state index >= 15 is 0 Å². The van der Waals surface area contributed by atoms with Crippen LogP contribution in [0.2, 0.25) is 0 Å². The molecule has 0 unspecified atom stereocenters. The highest BCUT2D eigenvalue weighted by Gasteiger charge is 2.27. The predicted molar refractivity (Wildman–Crippen MR) is 77.1 cm³/mol. The summed E-state index contributed by atoms with van der Waals surface area (Å²) in [4.78, 5) is 0.0835. The third-order valence-corrected chi connectivity index (χ3v) is 5.60. The van der Waals surface area contributed by atoms with Gasteiger partial charge in [-0.2, -0.15) is 5.10 Å². The molecule has 5 nitrogen and oxygen atoms in total. The second kappa shape index (κ2) is 5.14. The summed E-state index contributed by atoms with van der Waals surface area (Å²) in [6, 6.07) is 6.08. The van der Waals surface area contributed by atoms with Crippen molar-refractivity contribution in [1.29, 1.82) is 0 Å². The Morgan fingerprint density at radius 3 is 2.67 bits per heavy atom. The fourth-order valence-corrected chi connectivity index (χ4v) is 3.44. The largest absolute Gasteiger partial charge is 0.268 e. The van der Waals surface area contributed by atoms with E-state index in [1.54, 1.807) is 10.7 Å². The lowest BCUT2D eigenvalue weighted by Gasteiger charge is -2.25. The molecule has 3 rings (SSSR count). The van der Waals surface area contributed by atoms with Crippen molar-refractivity contribution < 1.29 is 12.8 Å². The van der Waals surface area contributed by atoms with Crippen LogP contribution < -0.4 is 4.31 Å². The molecule has 0 saturated heterocycles. The second-order valence-corrected chi connectivity index (χ2v) is 7.13. The van der Waals surface area contributed by atoms with Gasteiger partial charge < -0.3 is 0 Å². The van der Waals surface area contributed by atoms with Crippen molar-refractivity contribution in [3.63, 3.8) is 0 Å². The lowest BCUT2D eigenvalue weighted by molar-refractivity contribution is 0.289. The number of sulfonamides is 1. The van der Waals surface area contributed by atoms with E-state index in [4.69, 9.17) is 0 Å². The number of hydrogen-bond donors (Lipinski definition) is 0. The van der Waals surface area contributed by atoms with Crippen LogP contribution >= 0.6 is 0 Å². The summed E-state index contributed by atoms with van der Waals surface area (Å²) < 4.78 is 41.5. The van der Waals surface area contributed by atoms with Crippen LogP contribution in [0.5, 0.6) is 0 Å². The zero-order valence-electron chi connectivity index (χ0n) is 11.6. The number of halogens is 1. The predicted octanol–water partition coefficient (Wildman–Crippen LogP) is 2.57. The van der Waals surface area contributed by atoms with Crippen molar-refractivity contribution in [2.24, 2.45) is 0 Å². The molecular formula is C14H16FN3O2S. The van der Waals surface area contributed by atoms with Crippen LogP contribution in [0.15, 0.2) is 41.6 Å². The van der Waals surface area contributed by atoms with Gasteiger partial charge in [0.25, 0.3) is 10.0 Å². The lowest BCUT2D eigenvalue weighted by Crippen LogP contribution is -2.27. The standard InChI is InChI=1S/C14H16FN3O2S/c1-17(14-8-3-2-7-13(14)15)21(19,20)12-9-16-18(10-12)11-5-4-6-11/h2-3,7-11H,4-6H2,1H3. The van der Waals surface area contributed by atoms with E-state index in [2.05, 4.69) is 5.10 Å². The smallest absolute Gasteiger partial charge is 0.267 e. The highest BCUT2D eigenvalue weighted by atomic mass is 32.2. The van der Waals surface area contributed by atoms with Crippen molar-refractivity contribution in [2.45, 2.75) is 30.2 Å². The molecule has 1 heterocycles. The Balaban J connectivity index is 1.92. The second-order valence-electron chi connectivity index (χ2n) is 5.16. The number of aromatic nitrogens is 2. The molecule has 2 aromatic rings. The average molecular weight is 309 g/mol. The molecule has 0 bridgehead atoms. The minimum absolute atomic E-state index is 0.0221. The van der Waals surface area contributed by atoms with Crippen molar-refractivity contribution in [2.75, 3.05) is 11.4 Å². The van der Waals surface area contributed by atoms with E-state index < -0.39 is 15.8 Å². The molecule has 1 aliphatic rings. The Bertz CT molecular complexity index is 753. The Morgan fingerprint density at radius 2 is 2.05 bits per heavy atom. The maximum absolute atomic E-state index is 13.8. The summed E-state index contributed by atoms with van der Waals surface area (Å²) in [6.45, 7) is 0. The number of anilines is 1. The van der Waals surface area contributed by atoms with Crippen LogP contribution in [-0.2, 0) is 10.0 Å².